The molecule has 6 heteroatoms. The van der Waals surface area contributed by atoms with Crippen LogP contribution in [-0.2, 0) is 14.3 Å². The van der Waals surface area contributed by atoms with Crippen LogP contribution in [0.3, 0.4) is 0 Å². The van der Waals surface area contributed by atoms with Crippen molar-refractivity contribution in [2.24, 2.45) is 23.7 Å². The van der Waals surface area contributed by atoms with E-state index in [1.54, 1.807) is 0 Å². The molecule has 1 heterocycles. The maximum atomic E-state index is 13.0. The molecular formula is C23H22BrNO4. The zero-order valence-electron chi connectivity index (χ0n) is 16.2. The lowest BCUT2D eigenvalue weighted by molar-refractivity contribution is -0.145. The van der Waals surface area contributed by atoms with Crippen molar-refractivity contribution in [3.63, 3.8) is 0 Å². The molecule has 1 N–H and O–H groups in total. The molecule has 1 saturated heterocycles. The Balaban J connectivity index is 1.28. The van der Waals surface area contributed by atoms with Crippen molar-refractivity contribution in [1.82, 2.24) is 0 Å². The number of nitrogens with one attached hydrogen (secondary N) is 1. The Labute approximate surface area is 177 Å². The van der Waals surface area contributed by atoms with Crippen LogP contribution in [0.2, 0.25) is 0 Å². The molecule has 150 valence electrons. The molecule has 0 radical (unpaired) electrons. The number of hydrogen-bond donors (Lipinski definition) is 1. The fourth-order valence-corrected chi connectivity index (χ4v) is 6.33. The number of carbonyl (C=O) groups excluding carboxylic acids is 2. The molecule has 0 aromatic heterocycles. The summed E-state index contributed by atoms with van der Waals surface area (Å²) < 4.78 is 11.4. The average molecular weight is 456 g/mol. The number of ether oxygens (including phenoxy) is 2. The van der Waals surface area contributed by atoms with Crippen LogP contribution in [0.5, 0.6) is 11.5 Å². The fraction of sp³-hybridized carbons (Fsp3) is 0.391. The van der Waals surface area contributed by atoms with E-state index in [-0.39, 0.29) is 46.5 Å². The van der Waals surface area contributed by atoms with Crippen molar-refractivity contribution in [1.29, 1.82) is 0 Å². The van der Waals surface area contributed by atoms with Crippen LogP contribution in [0, 0.1) is 37.5 Å². The summed E-state index contributed by atoms with van der Waals surface area (Å²) in [6, 6.07) is 13.4. The molecule has 2 bridgehead atoms. The Hall–Kier alpha value is -2.34. The van der Waals surface area contributed by atoms with Crippen LogP contribution in [-0.4, -0.2) is 22.8 Å². The third-order valence-corrected chi connectivity index (χ3v) is 7.58. The lowest BCUT2D eigenvalue weighted by Crippen LogP contribution is -2.40. The highest BCUT2D eigenvalue weighted by Crippen LogP contribution is 2.60. The first-order valence-electron chi connectivity index (χ1n) is 9.92. The molecule has 3 fully saturated rings. The smallest absolute Gasteiger partial charge is 0.310 e. The van der Waals surface area contributed by atoms with Gasteiger partial charge in [-0.25, -0.2) is 0 Å². The number of esters is 1. The van der Waals surface area contributed by atoms with E-state index in [1.807, 2.05) is 50.2 Å². The predicted molar refractivity (Wildman–Crippen MR) is 112 cm³/mol. The SMILES string of the molecule is Cc1cc(C)cc(Oc2ccc(NC(=O)C3C4CC5C(OC(=O)C53)C4Br)cc2)c1. The summed E-state index contributed by atoms with van der Waals surface area (Å²) in [6.07, 6.45) is 0.806. The van der Waals surface area contributed by atoms with E-state index in [0.29, 0.717) is 11.4 Å². The van der Waals surface area contributed by atoms with Crippen molar-refractivity contribution in [3.05, 3.63) is 53.6 Å². The van der Waals surface area contributed by atoms with Crippen molar-refractivity contribution in [2.45, 2.75) is 31.2 Å². The monoisotopic (exact) mass is 455 g/mol. The minimum Gasteiger partial charge on any atom is -0.461 e. The number of anilines is 1. The van der Waals surface area contributed by atoms with Crippen molar-refractivity contribution < 1.29 is 19.1 Å². The Morgan fingerprint density at radius 3 is 2.45 bits per heavy atom. The van der Waals surface area contributed by atoms with Crippen LogP contribution >= 0.6 is 15.9 Å². The molecule has 2 saturated carbocycles. The second kappa shape index (κ2) is 6.87. The molecule has 1 amide bonds. The minimum atomic E-state index is -0.332. The highest BCUT2D eigenvalue weighted by molar-refractivity contribution is 9.09. The van der Waals surface area contributed by atoms with Crippen molar-refractivity contribution in [2.75, 3.05) is 5.32 Å². The summed E-state index contributed by atoms with van der Waals surface area (Å²) in [5.74, 6) is 0.853. The quantitative estimate of drug-likeness (QED) is 0.540. The molecule has 1 aliphatic heterocycles. The number of alkyl halides is 1. The number of halogens is 1. The third-order valence-electron chi connectivity index (χ3n) is 6.38. The van der Waals surface area contributed by atoms with E-state index in [4.69, 9.17) is 9.47 Å². The topological polar surface area (TPSA) is 64.6 Å². The van der Waals surface area contributed by atoms with Gasteiger partial charge in [-0.3, -0.25) is 9.59 Å². The van der Waals surface area contributed by atoms with E-state index in [9.17, 15) is 9.59 Å². The van der Waals surface area contributed by atoms with E-state index in [1.165, 1.54) is 0 Å². The van der Waals surface area contributed by atoms with Gasteiger partial charge in [0.05, 0.1) is 16.7 Å². The molecule has 5 nitrogen and oxygen atoms in total. The lowest BCUT2D eigenvalue weighted by Gasteiger charge is -2.27. The van der Waals surface area contributed by atoms with Gasteiger partial charge in [-0.1, -0.05) is 22.0 Å². The number of rotatable bonds is 4. The number of fused-ring (bicyclic) bond motifs is 1. The van der Waals surface area contributed by atoms with Gasteiger partial charge in [0, 0.05) is 11.6 Å². The Morgan fingerprint density at radius 2 is 1.76 bits per heavy atom. The molecule has 0 spiro atoms. The number of carbonyl (C=O) groups is 2. The predicted octanol–water partition coefficient (Wildman–Crippen LogP) is 4.61. The minimum absolute atomic E-state index is 0.0664. The first-order chi connectivity index (χ1) is 13.9. The Bertz CT molecular complexity index is 969. The first-order valence-corrected chi connectivity index (χ1v) is 10.8. The molecule has 2 aromatic rings. The normalized spacial score (nSPS) is 31.6. The second-order valence-electron chi connectivity index (χ2n) is 8.40. The van der Waals surface area contributed by atoms with Gasteiger partial charge in [0.15, 0.2) is 0 Å². The standard InChI is InChI=1S/C23H22BrNO4/c1-11-7-12(2)9-15(8-11)28-14-5-3-13(4-6-14)25-22(26)18-16-10-17-19(18)23(27)29-21(17)20(16)24/h3-9,16-21H,10H2,1-2H3,(H,25,26). The van der Waals surface area contributed by atoms with Crippen molar-refractivity contribution in [3.8, 4) is 11.5 Å². The summed E-state index contributed by atoms with van der Waals surface area (Å²) in [6.45, 7) is 4.07. The number of benzene rings is 2. The highest BCUT2D eigenvalue weighted by Gasteiger charge is 2.67. The summed E-state index contributed by atoms with van der Waals surface area (Å²) in [5.41, 5.74) is 2.99. The van der Waals surface area contributed by atoms with Gasteiger partial charge in [-0.15, -0.1) is 0 Å². The van der Waals surface area contributed by atoms with E-state index in [2.05, 4.69) is 27.3 Å². The van der Waals surface area contributed by atoms with Crippen LogP contribution in [0.25, 0.3) is 0 Å². The molecular weight excluding hydrogens is 434 g/mol. The lowest BCUT2D eigenvalue weighted by atomic mass is 9.79. The fourth-order valence-electron chi connectivity index (χ4n) is 5.29. The van der Waals surface area contributed by atoms with Gasteiger partial charge in [-0.05, 0) is 73.7 Å². The van der Waals surface area contributed by atoms with Gasteiger partial charge in [0.25, 0.3) is 0 Å². The van der Waals surface area contributed by atoms with Crippen LogP contribution in [0.15, 0.2) is 42.5 Å². The van der Waals surface area contributed by atoms with Crippen LogP contribution < -0.4 is 10.1 Å². The largest absolute Gasteiger partial charge is 0.461 e. The van der Waals surface area contributed by atoms with E-state index >= 15 is 0 Å². The van der Waals surface area contributed by atoms with Gasteiger partial charge in [0.2, 0.25) is 5.91 Å². The Kier molecular flexibility index (Phi) is 4.42. The van der Waals surface area contributed by atoms with Gasteiger partial charge in [-0.2, -0.15) is 0 Å². The molecule has 2 aromatic carbocycles. The molecule has 5 rings (SSSR count). The summed E-state index contributed by atoms with van der Waals surface area (Å²) in [4.78, 5) is 25.3. The zero-order chi connectivity index (χ0) is 20.3. The Morgan fingerprint density at radius 1 is 1.07 bits per heavy atom. The van der Waals surface area contributed by atoms with Gasteiger partial charge < -0.3 is 14.8 Å². The summed E-state index contributed by atoms with van der Waals surface area (Å²) >= 11 is 3.65. The molecule has 3 aliphatic rings. The molecule has 6 atom stereocenters. The molecule has 29 heavy (non-hydrogen) atoms. The molecule has 6 unspecified atom stereocenters. The van der Waals surface area contributed by atoms with Crippen LogP contribution in [0.4, 0.5) is 5.69 Å². The van der Waals surface area contributed by atoms with Gasteiger partial charge in [0.1, 0.15) is 17.6 Å². The number of aryl methyl sites for hydroxylation is 2. The summed E-state index contributed by atoms with van der Waals surface area (Å²) in [5, 5.41) is 2.98. The molecule has 2 aliphatic carbocycles. The number of amides is 1. The maximum Gasteiger partial charge on any atom is 0.310 e. The third kappa shape index (κ3) is 3.14. The van der Waals surface area contributed by atoms with E-state index < -0.39 is 0 Å². The zero-order valence-corrected chi connectivity index (χ0v) is 17.8. The summed E-state index contributed by atoms with van der Waals surface area (Å²) in [7, 11) is 0. The highest BCUT2D eigenvalue weighted by atomic mass is 79.9. The number of hydrogen-bond acceptors (Lipinski definition) is 4. The second-order valence-corrected chi connectivity index (χ2v) is 9.46. The van der Waals surface area contributed by atoms with Gasteiger partial charge >= 0.3 is 5.97 Å². The van der Waals surface area contributed by atoms with E-state index in [0.717, 1.165) is 23.3 Å². The van der Waals surface area contributed by atoms with Crippen LogP contribution in [0.1, 0.15) is 17.5 Å². The average Bonchev–Trinajstić information content (AvgIpc) is 3.27. The van der Waals surface area contributed by atoms with Crippen molar-refractivity contribution >= 4 is 33.5 Å². The maximum absolute atomic E-state index is 13.0. The first kappa shape index (κ1) is 18.7.